The normalized spacial score (nSPS) is 15.7. The summed E-state index contributed by atoms with van der Waals surface area (Å²) in [6.07, 6.45) is 3.49. The molecule has 1 aliphatic heterocycles. The highest BCUT2D eigenvalue weighted by atomic mass is 15.2. The Bertz CT molecular complexity index is 1260. The first-order valence-corrected chi connectivity index (χ1v) is 9.62. The number of para-hydroxylation sites is 1. The van der Waals surface area contributed by atoms with Crippen molar-refractivity contribution in [3.05, 3.63) is 126 Å². The SMILES string of the molecule is c1ccc(/C2=C(\c3ccccn3)N=NC(c3ccccn3)=Nc3ccccc32)cc1. The first-order chi connectivity index (χ1) is 14.9. The van der Waals surface area contributed by atoms with Crippen LogP contribution in [0.3, 0.4) is 0 Å². The minimum Gasteiger partial charge on any atom is -0.255 e. The van der Waals surface area contributed by atoms with E-state index in [-0.39, 0.29) is 0 Å². The number of hydrogen-bond donors (Lipinski definition) is 0. The van der Waals surface area contributed by atoms with Gasteiger partial charge in [0.1, 0.15) is 11.4 Å². The highest BCUT2D eigenvalue weighted by Crippen LogP contribution is 2.38. The van der Waals surface area contributed by atoms with Gasteiger partial charge in [-0.2, -0.15) is 0 Å². The van der Waals surface area contributed by atoms with Gasteiger partial charge in [0.2, 0.25) is 5.84 Å². The van der Waals surface area contributed by atoms with Gasteiger partial charge in [-0.1, -0.05) is 60.7 Å². The van der Waals surface area contributed by atoms with Crippen LogP contribution in [-0.2, 0) is 0 Å². The lowest BCUT2D eigenvalue weighted by atomic mass is 9.93. The van der Waals surface area contributed by atoms with E-state index >= 15 is 0 Å². The van der Waals surface area contributed by atoms with Crippen LogP contribution < -0.4 is 0 Å². The molecule has 0 saturated heterocycles. The Morgan fingerprint density at radius 3 is 1.93 bits per heavy atom. The summed E-state index contributed by atoms with van der Waals surface area (Å²) in [6, 6.07) is 29.6. The topological polar surface area (TPSA) is 62.9 Å². The Morgan fingerprint density at radius 1 is 0.533 bits per heavy atom. The number of hydrogen-bond acceptors (Lipinski definition) is 5. The number of amidine groups is 1. The summed E-state index contributed by atoms with van der Waals surface area (Å²) in [5.74, 6) is 0.462. The fourth-order valence-corrected chi connectivity index (χ4v) is 3.38. The Morgan fingerprint density at radius 2 is 1.20 bits per heavy atom. The molecule has 2 aromatic heterocycles. The number of rotatable bonds is 3. The smallest absolute Gasteiger partial charge is 0.200 e. The molecule has 5 rings (SSSR count). The molecular formula is C25H17N5. The molecule has 142 valence electrons. The first kappa shape index (κ1) is 17.8. The van der Waals surface area contributed by atoms with E-state index in [1.54, 1.807) is 12.4 Å². The summed E-state index contributed by atoms with van der Waals surface area (Å²) in [6.45, 7) is 0. The monoisotopic (exact) mass is 387 g/mol. The van der Waals surface area contributed by atoms with Gasteiger partial charge in [0.05, 0.1) is 11.4 Å². The number of azo groups is 1. The van der Waals surface area contributed by atoms with E-state index < -0.39 is 0 Å². The van der Waals surface area contributed by atoms with Gasteiger partial charge in [-0.3, -0.25) is 9.97 Å². The van der Waals surface area contributed by atoms with Crippen molar-refractivity contribution in [3.8, 4) is 0 Å². The summed E-state index contributed by atoms with van der Waals surface area (Å²) in [5, 5.41) is 9.14. The van der Waals surface area contributed by atoms with Gasteiger partial charge in [-0.15, -0.1) is 10.2 Å². The van der Waals surface area contributed by atoms with Crippen LogP contribution in [0.25, 0.3) is 11.3 Å². The lowest BCUT2D eigenvalue weighted by Gasteiger charge is -2.16. The number of aromatic nitrogens is 2. The molecule has 0 saturated carbocycles. The third-order valence-corrected chi connectivity index (χ3v) is 4.75. The van der Waals surface area contributed by atoms with Crippen molar-refractivity contribution in [1.29, 1.82) is 0 Å². The van der Waals surface area contributed by atoms with Crippen molar-refractivity contribution in [1.82, 2.24) is 9.97 Å². The number of aliphatic imine (C=N–C) groups is 1. The van der Waals surface area contributed by atoms with Crippen LogP contribution in [0.4, 0.5) is 5.69 Å². The van der Waals surface area contributed by atoms with Crippen LogP contribution in [0.5, 0.6) is 0 Å². The second-order valence-corrected chi connectivity index (χ2v) is 6.67. The minimum absolute atomic E-state index is 0.462. The van der Waals surface area contributed by atoms with Crippen molar-refractivity contribution >= 4 is 22.8 Å². The summed E-state index contributed by atoms with van der Waals surface area (Å²) < 4.78 is 0. The van der Waals surface area contributed by atoms with E-state index in [4.69, 9.17) is 4.99 Å². The summed E-state index contributed by atoms with van der Waals surface area (Å²) in [7, 11) is 0. The molecule has 2 aromatic carbocycles. The van der Waals surface area contributed by atoms with Crippen LogP contribution in [0, 0.1) is 0 Å². The third-order valence-electron chi connectivity index (χ3n) is 4.75. The Hall–Kier alpha value is -4.25. The fraction of sp³-hybridized carbons (Fsp3) is 0. The van der Waals surface area contributed by atoms with E-state index in [0.717, 1.165) is 28.1 Å². The zero-order valence-corrected chi connectivity index (χ0v) is 16.1. The molecule has 0 fully saturated rings. The molecule has 4 aromatic rings. The van der Waals surface area contributed by atoms with Crippen molar-refractivity contribution in [3.63, 3.8) is 0 Å². The molecule has 0 unspecified atom stereocenters. The molecule has 30 heavy (non-hydrogen) atoms. The third kappa shape index (κ3) is 3.44. The van der Waals surface area contributed by atoms with Crippen molar-refractivity contribution < 1.29 is 0 Å². The number of pyridine rings is 2. The molecule has 0 amide bonds. The van der Waals surface area contributed by atoms with E-state index in [9.17, 15) is 0 Å². The summed E-state index contributed by atoms with van der Waals surface area (Å²) in [5.41, 5.74) is 5.85. The second kappa shape index (κ2) is 8.01. The van der Waals surface area contributed by atoms with Gasteiger partial charge in [0.15, 0.2) is 0 Å². The van der Waals surface area contributed by atoms with Gasteiger partial charge in [-0.05, 0) is 35.9 Å². The van der Waals surface area contributed by atoms with Crippen molar-refractivity contribution in [2.75, 3.05) is 0 Å². The molecular weight excluding hydrogens is 370 g/mol. The molecule has 5 heteroatoms. The summed E-state index contributed by atoms with van der Waals surface area (Å²) >= 11 is 0. The van der Waals surface area contributed by atoms with E-state index in [2.05, 4.69) is 38.4 Å². The highest BCUT2D eigenvalue weighted by molar-refractivity contribution is 6.05. The molecule has 0 atom stereocenters. The zero-order valence-electron chi connectivity index (χ0n) is 16.1. The van der Waals surface area contributed by atoms with E-state index in [0.29, 0.717) is 17.2 Å². The van der Waals surface area contributed by atoms with Crippen molar-refractivity contribution in [2.45, 2.75) is 0 Å². The van der Waals surface area contributed by atoms with Crippen LogP contribution in [0.2, 0.25) is 0 Å². The number of benzene rings is 2. The predicted molar refractivity (Wildman–Crippen MR) is 118 cm³/mol. The van der Waals surface area contributed by atoms with Gasteiger partial charge < -0.3 is 0 Å². The number of fused-ring (bicyclic) bond motifs is 1. The maximum absolute atomic E-state index is 4.81. The minimum atomic E-state index is 0.462. The largest absolute Gasteiger partial charge is 0.255 e. The molecule has 0 bridgehead atoms. The molecule has 1 aliphatic rings. The molecule has 0 aliphatic carbocycles. The van der Waals surface area contributed by atoms with E-state index in [1.165, 1.54) is 0 Å². The Balaban J connectivity index is 1.82. The van der Waals surface area contributed by atoms with Gasteiger partial charge in [0, 0.05) is 23.5 Å². The lowest BCUT2D eigenvalue weighted by molar-refractivity contribution is 1.17. The maximum Gasteiger partial charge on any atom is 0.200 e. The molecule has 0 radical (unpaired) electrons. The average Bonchev–Trinajstić information content (AvgIpc) is 2.81. The van der Waals surface area contributed by atoms with E-state index in [1.807, 2.05) is 72.8 Å². The standard InChI is InChI=1S/C25H17N5/c1-2-10-18(11-3-1)23-19-12-4-5-13-20(19)28-25(22-15-7-9-17-27-22)30-29-24(23)21-14-6-8-16-26-21/h1-17H/b23-19?,24-23-,28-20?,28-25?,29-24?,30-25?,30-29?. The van der Waals surface area contributed by atoms with Crippen LogP contribution >= 0.6 is 0 Å². The van der Waals surface area contributed by atoms with Gasteiger partial charge in [-0.25, -0.2) is 4.99 Å². The zero-order chi connectivity index (χ0) is 20.2. The predicted octanol–water partition coefficient (Wildman–Crippen LogP) is 5.94. The van der Waals surface area contributed by atoms with Crippen LogP contribution in [0.15, 0.2) is 119 Å². The molecule has 0 N–H and O–H groups in total. The van der Waals surface area contributed by atoms with Gasteiger partial charge >= 0.3 is 0 Å². The molecule has 0 spiro atoms. The van der Waals surface area contributed by atoms with Crippen LogP contribution in [-0.4, -0.2) is 15.8 Å². The van der Waals surface area contributed by atoms with Gasteiger partial charge in [0.25, 0.3) is 0 Å². The van der Waals surface area contributed by atoms with Crippen LogP contribution in [0.1, 0.15) is 22.5 Å². The second-order valence-electron chi connectivity index (χ2n) is 6.67. The molecule has 5 nitrogen and oxygen atoms in total. The highest BCUT2D eigenvalue weighted by Gasteiger charge is 2.20. The van der Waals surface area contributed by atoms with Crippen molar-refractivity contribution in [2.24, 2.45) is 15.2 Å². The maximum atomic E-state index is 4.81. The quantitative estimate of drug-likeness (QED) is 0.437. The fourth-order valence-electron chi connectivity index (χ4n) is 3.38. The first-order valence-electron chi connectivity index (χ1n) is 9.62. The lowest BCUT2D eigenvalue weighted by Crippen LogP contribution is -2.03. The Kier molecular flexibility index (Phi) is 4.76. The number of nitrogens with zero attached hydrogens (tertiary/aromatic N) is 5. The average molecular weight is 387 g/mol. The Labute approximate surface area is 174 Å². The summed E-state index contributed by atoms with van der Waals surface area (Å²) in [4.78, 5) is 13.8. The molecule has 3 heterocycles.